The van der Waals surface area contributed by atoms with Gasteiger partial charge in [-0.05, 0) is 4.94 Å². The Hall–Kier alpha value is -1.64. The van der Waals surface area contributed by atoms with Crippen molar-refractivity contribution in [2.45, 2.75) is 0 Å². The molecule has 0 saturated heterocycles. The van der Waals surface area contributed by atoms with Crippen LogP contribution in [0.1, 0.15) is 0 Å². The molecule has 9 heteroatoms. The van der Waals surface area contributed by atoms with Crippen LogP contribution >= 0.6 is 0 Å². The lowest BCUT2D eigenvalue weighted by Gasteiger charge is -1.90. The fourth-order valence-corrected chi connectivity index (χ4v) is 0.0949. The van der Waals surface area contributed by atoms with Crippen LogP contribution in [0.4, 0.5) is 0 Å². The van der Waals surface area contributed by atoms with Gasteiger partial charge in [-0.3, -0.25) is 0 Å². The topological polar surface area (TPSA) is 120 Å². The maximum absolute atomic E-state index is 9.29. The average molecular weight is 138 g/mol. The molecule has 0 amide bonds. The maximum atomic E-state index is 9.29. The number of hydrogen-bond donors (Lipinski definition) is 2. The number of rotatable bonds is 4. The van der Waals surface area contributed by atoms with E-state index in [1.165, 1.54) is 0 Å². The highest BCUT2D eigenvalue weighted by molar-refractivity contribution is 3.93. The van der Waals surface area contributed by atoms with Crippen LogP contribution in [0.25, 0.3) is 0 Å². The predicted molar refractivity (Wildman–Crippen MR) is 21.3 cm³/mol. The smallest absolute Gasteiger partial charge is 0.186 e. The molecule has 9 nitrogen and oxygen atoms in total. The first-order valence-corrected chi connectivity index (χ1v) is 1.59. The number of hydrogen-bond acceptors (Lipinski definition) is 5. The van der Waals surface area contributed by atoms with Crippen molar-refractivity contribution in [1.82, 2.24) is 11.2 Å². The lowest BCUT2D eigenvalue weighted by Crippen LogP contribution is -2.33. The van der Waals surface area contributed by atoms with Gasteiger partial charge in [-0.1, -0.05) is 0 Å². The zero-order valence-electron chi connectivity index (χ0n) is 3.94. The fourth-order valence-electron chi connectivity index (χ4n) is 0.0949. The van der Waals surface area contributed by atoms with Gasteiger partial charge in [0.15, 0.2) is 10.1 Å². The molecule has 0 rings (SSSR count). The van der Waals surface area contributed by atoms with E-state index in [1.807, 2.05) is 0 Å². The van der Waals surface area contributed by atoms with E-state index in [2.05, 4.69) is 4.94 Å². The molecule has 0 aliphatic carbocycles. The van der Waals surface area contributed by atoms with Gasteiger partial charge in [0.25, 0.3) is 0 Å². The van der Waals surface area contributed by atoms with Gasteiger partial charge < -0.3 is 0 Å². The van der Waals surface area contributed by atoms with Gasteiger partial charge >= 0.3 is 0 Å². The molecule has 0 aliphatic heterocycles. The van der Waals surface area contributed by atoms with Gasteiger partial charge in [0, 0.05) is 11.2 Å². The fraction of sp³-hybridized carbons (Fsp3) is 0. The van der Waals surface area contributed by atoms with Crippen LogP contribution < -0.4 is 11.2 Å². The Morgan fingerprint density at radius 3 is 1.67 bits per heavy atom. The summed E-state index contributed by atoms with van der Waals surface area (Å²) >= 11 is 0. The van der Waals surface area contributed by atoms with Crippen LogP contribution in [0, 0.1) is 20.2 Å². The van der Waals surface area contributed by atoms with Crippen LogP contribution in [-0.2, 0) is 4.94 Å². The number of nitrogens with zero attached hydrogens (tertiary/aromatic N) is 2. The molecule has 0 atom stereocenters. The SMILES string of the molecule is O=[N+]([O-])NON[N+](=O)[O-]. The second-order valence-corrected chi connectivity index (χ2v) is 0.799. The van der Waals surface area contributed by atoms with E-state index in [0.29, 0.717) is 0 Å². The van der Waals surface area contributed by atoms with E-state index in [4.69, 9.17) is 0 Å². The highest BCUT2D eigenvalue weighted by atomic mass is 16.9. The van der Waals surface area contributed by atoms with Gasteiger partial charge in [0.2, 0.25) is 0 Å². The molecule has 52 valence electrons. The summed E-state index contributed by atoms with van der Waals surface area (Å²) in [6.45, 7) is 0. The standard InChI is InChI=1S/H2N4O5/c5-3(6)1-9-2-4(7)8/h1-2H. The summed E-state index contributed by atoms with van der Waals surface area (Å²) in [4.78, 5) is 22.0. The van der Waals surface area contributed by atoms with Crippen LogP contribution in [0.3, 0.4) is 0 Å². The summed E-state index contributed by atoms with van der Waals surface area (Å²) in [6, 6.07) is 0. The minimum atomic E-state index is -1.10. The number of hydrazine groups is 2. The minimum absolute atomic E-state index is 1.05. The van der Waals surface area contributed by atoms with Crippen LogP contribution in [0.2, 0.25) is 0 Å². The Labute approximate surface area is 47.7 Å². The summed E-state index contributed by atoms with van der Waals surface area (Å²) in [6.07, 6.45) is 0. The van der Waals surface area contributed by atoms with Crippen molar-refractivity contribution < 1.29 is 15.0 Å². The van der Waals surface area contributed by atoms with E-state index in [1.54, 1.807) is 0 Å². The first kappa shape index (κ1) is 7.36. The molecule has 0 aliphatic rings. The first-order valence-electron chi connectivity index (χ1n) is 1.59. The second kappa shape index (κ2) is 3.37. The van der Waals surface area contributed by atoms with Crippen molar-refractivity contribution >= 4 is 0 Å². The zero-order chi connectivity index (χ0) is 7.28. The number of nitro groups is 2. The molecule has 0 aromatic heterocycles. The highest BCUT2D eigenvalue weighted by Gasteiger charge is 1.96. The molecular formula is H2N4O5. The first-order chi connectivity index (χ1) is 4.13. The van der Waals surface area contributed by atoms with Gasteiger partial charge in [0.1, 0.15) is 0 Å². The molecular weight excluding hydrogens is 136 g/mol. The molecule has 0 heterocycles. The lowest BCUT2D eigenvalue weighted by atomic mass is 12.5. The third kappa shape index (κ3) is 6.36. The van der Waals surface area contributed by atoms with E-state index in [-0.39, 0.29) is 0 Å². The zero-order valence-corrected chi connectivity index (χ0v) is 3.94. The van der Waals surface area contributed by atoms with Crippen molar-refractivity contribution in [2.24, 2.45) is 0 Å². The maximum Gasteiger partial charge on any atom is 0.186 e. The molecule has 9 heavy (non-hydrogen) atoms. The third-order valence-corrected chi connectivity index (χ3v) is 0.240. The van der Waals surface area contributed by atoms with Gasteiger partial charge in [-0.25, -0.2) is 20.2 Å². The Kier molecular flexibility index (Phi) is 2.76. The number of nitrogens with one attached hydrogen (secondary N) is 2. The van der Waals surface area contributed by atoms with Crippen LogP contribution in [-0.4, -0.2) is 10.1 Å². The largest absolute Gasteiger partial charge is 0.233 e. The predicted octanol–water partition coefficient (Wildman–Crippen LogP) is -1.60. The normalized spacial score (nSPS) is 8.00. The highest BCUT2D eigenvalue weighted by Crippen LogP contribution is 1.58. The summed E-state index contributed by atoms with van der Waals surface area (Å²) in [5.41, 5.74) is 2.09. The Morgan fingerprint density at radius 1 is 1.11 bits per heavy atom. The quantitative estimate of drug-likeness (QED) is 0.354. The molecule has 2 N–H and O–H groups in total. The molecule has 0 aromatic carbocycles. The Morgan fingerprint density at radius 2 is 1.44 bits per heavy atom. The summed E-state index contributed by atoms with van der Waals surface area (Å²) < 4.78 is 0. The van der Waals surface area contributed by atoms with E-state index in [0.717, 1.165) is 11.2 Å². The van der Waals surface area contributed by atoms with E-state index in [9.17, 15) is 20.2 Å². The minimum Gasteiger partial charge on any atom is -0.233 e. The monoisotopic (exact) mass is 138 g/mol. The summed E-state index contributed by atoms with van der Waals surface area (Å²) in [5.74, 6) is 0. The summed E-state index contributed by atoms with van der Waals surface area (Å²) in [5, 5.41) is 16.4. The van der Waals surface area contributed by atoms with Crippen molar-refractivity contribution in [2.75, 3.05) is 0 Å². The lowest BCUT2D eigenvalue weighted by molar-refractivity contribution is -0.686. The molecule has 0 fully saturated rings. The Balaban J connectivity index is 3.10. The van der Waals surface area contributed by atoms with Crippen molar-refractivity contribution in [3.8, 4) is 0 Å². The molecule has 0 spiro atoms. The third-order valence-electron chi connectivity index (χ3n) is 0.240. The molecule has 0 aromatic rings. The molecule has 0 bridgehead atoms. The van der Waals surface area contributed by atoms with E-state index >= 15 is 0 Å². The van der Waals surface area contributed by atoms with E-state index < -0.39 is 10.1 Å². The summed E-state index contributed by atoms with van der Waals surface area (Å²) in [7, 11) is 0. The van der Waals surface area contributed by atoms with Gasteiger partial charge in [-0.2, -0.15) is 0 Å². The van der Waals surface area contributed by atoms with Crippen molar-refractivity contribution in [1.29, 1.82) is 0 Å². The second-order valence-electron chi connectivity index (χ2n) is 0.799. The van der Waals surface area contributed by atoms with Crippen LogP contribution in [0.15, 0.2) is 0 Å². The van der Waals surface area contributed by atoms with Crippen LogP contribution in [0.5, 0.6) is 0 Å². The molecule has 0 saturated carbocycles. The van der Waals surface area contributed by atoms with Crippen molar-refractivity contribution in [3.05, 3.63) is 20.2 Å². The molecule has 0 radical (unpaired) electrons. The van der Waals surface area contributed by atoms with Gasteiger partial charge in [0.05, 0.1) is 0 Å². The van der Waals surface area contributed by atoms with Crippen molar-refractivity contribution in [3.63, 3.8) is 0 Å². The Bertz CT molecular complexity index is 104. The van der Waals surface area contributed by atoms with Gasteiger partial charge in [-0.15, -0.1) is 0 Å². The average Bonchev–Trinajstić information content (AvgIpc) is 1.63. The molecule has 0 unspecified atom stereocenters.